The van der Waals surface area contributed by atoms with Gasteiger partial charge in [0.2, 0.25) is 5.95 Å². The quantitative estimate of drug-likeness (QED) is 0.880. The van der Waals surface area contributed by atoms with Crippen LogP contribution in [0, 0.1) is 0 Å². The summed E-state index contributed by atoms with van der Waals surface area (Å²) < 4.78 is 0. The lowest BCUT2D eigenvalue weighted by atomic mass is 10.3. The topological polar surface area (TPSA) is 61.4 Å². The first-order valence-corrected chi connectivity index (χ1v) is 7.20. The van der Waals surface area contributed by atoms with Crippen LogP contribution in [-0.2, 0) is 0 Å². The molecule has 0 aliphatic carbocycles. The maximum absolute atomic E-state index is 11.8. The second-order valence-corrected chi connectivity index (χ2v) is 5.32. The lowest BCUT2D eigenvalue weighted by molar-refractivity contribution is 0.0942. The number of piperazine rings is 1. The third-order valence-electron chi connectivity index (χ3n) is 3.42. The Bertz CT molecular complexity index is 437. The van der Waals surface area contributed by atoms with Crippen molar-refractivity contribution < 1.29 is 4.79 Å². The number of nitrogens with one attached hydrogen (secondary N) is 1. The Morgan fingerprint density at radius 3 is 2.35 bits per heavy atom. The van der Waals surface area contributed by atoms with Crippen molar-refractivity contribution in [3.8, 4) is 0 Å². The minimum absolute atomic E-state index is 0.115. The van der Waals surface area contributed by atoms with Gasteiger partial charge in [-0.25, -0.2) is 9.97 Å². The molecule has 6 nitrogen and oxygen atoms in total. The van der Waals surface area contributed by atoms with Gasteiger partial charge >= 0.3 is 0 Å². The largest absolute Gasteiger partial charge is 0.350 e. The predicted octanol–water partition coefficient (Wildman–Crippen LogP) is 0.757. The van der Waals surface area contributed by atoms with E-state index in [1.54, 1.807) is 12.4 Å². The van der Waals surface area contributed by atoms with Crippen molar-refractivity contribution in [2.75, 3.05) is 37.6 Å². The molecule has 1 saturated heterocycles. The Balaban J connectivity index is 1.96. The van der Waals surface area contributed by atoms with E-state index in [1.807, 2.05) is 13.8 Å². The number of hydrogen-bond donors (Lipinski definition) is 1. The van der Waals surface area contributed by atoms with Gasteiger partial charge < -0.3 is 15.1 Å². The van der Waals surface area contributed by atoms with E-state index in [0.29, 0.717) is 11.5 Å². The van der Waals surface area contributed by atoms with Crippen LogP contribution in [-0.4, -0.2) is 59.5 Å². The van der Waals surface area contributed by atoms with Crippen LogP contribution in [0.1, 0.15) is 31.1 Å². The molecule has 0 saturated carbocycles. The molecule has 0 unspecified atom stereocenters. The number of carbonyl (C=O) groups excluding carboxylic acids is 1. The average Bonchev–Trinajstić information content (AvgIpc) is 2.47. The van der Waals surface area contributed by atoms with Crippen molar-refractivity contribution in [1.29, 1.82) is 0 Å². The van der Waals surface area contributed by atoms with E-state index in [0.717, 1.165) is 32.7 Å². The van der Waals surface area contributed by atoms with E-state index in [9.17, 15) is 4.79 Å². The van der Waals surface area contributed by atoms with Gasteiger partial charge in [-0.1, -0.05) is 6.92 Å². The highest BCUT2D eigenvalue weighted by Crippen LogP contribution is 2.10. The summed E-state index contributed by atoms with van der Waals surface area (Å²) in [6, 6.07) is 0.115. The van der Waals surface area contributed by atoms with Gasteiger partial charge in [-0.05, 0) is 20.4 Å². The average molecular weight is 277 g/mol. The Morgan fingerprint density at radius 1 is 1.25 bits per heavy atom. The summed E-state index contributed by atoms with van der Waals surface area (Å²) >= 11 is 0. The van der Waals surface area contributed by atoms with Gasteiger partial charge in [0.05, 0.1) is 5.56 Å². The summed E-state index contributed by atoms with van der Waals surface area (Å²) in [6.07, 6.45) is 3.21. The Hall–Kier alpha value is -1.69. The van der Waals surface area contributed by atoms with Crippen molar-refractivity contribution in [2.45, 2.75) is 26.8 Å². The third kappa shape index (κ3) is 3.66. The molecule has 1 fully saturated rings. The summed E-state index contributed by atoms with van der Waals surface area (Å²) in [6.45, 7) is 11.1. The highest BCUT2D eigenvalue weighted by Gasteiger charge is 2.18. The molecule has 0 aromatic carbocycles. The van der Waals surface area contributed by atoms with Gasteiger partial charge in [-0.15, -0.1) is 0 Å². The monoisotopic (exact) mass is 277 g/mol. The fourth-order valence-electron chi connectivity index (χ4n) is 2.21. The van der Waals surface area contributed by atoms with Crippen LogP contribution in [0.4, 0.5) is 5.95 Å². The molecular formula is C14H23N5O. The number of nitrogens with zero attached hydrogens (tertiary/aromatic N) is 4. The molecule has 110 valence electrons. The summed E-state index contributed by atoms with van der Waals surface area (Å²) in [5, 5.41) is 2.83. The molecule has 2 heterocycles. The zero-order chi connectivity index (χ0) is 14.5. The van der Waals surface area contributed by atoms with Crippen LogP contribution in [0.15, 0.2) is 12.4 Å². The Morgan fingerprint density at radius 2 is 1.85 bits per heavy atom. The van der Waals surface area contributed by atoms with Crippen LogP contribution in [0.25, 0.3) is 0 Å². The summed E-state index contributed by atoms with van der Waals surface area (Å²) in [7, 11) is 0. The lowest BCUT2D eigenvalue weighted by Gasteiger charge is -2.33. The fraction of sp³-hybridized carbons (Fsp3) is 0.643. The van der Waals surface area contributed by atoms with Gasteiger partial charge in [-0.3, -0.25) is 4.79 Å². The second kappa shape index (κ2) is 6.65. The van der Waals surface area contributed by atoms with E-state index in [1.165, 1.54) is 0 Å². The molecule has 0 bridgehead atoms. The zero-order valence-corrected chi connectivity index (χ0v) is 12.5. The molecule has 1 aromatic heterocycles. The third-order valence-corrected chi connectivity index (χ3v) is 3.42. The van der Waals surface area contributed by atoms with Gasteiger partial charge in [0.1, 0.15) is 0 Å². The van der Waals surface area contributed by atoms with Crippen molar-refractivity contribution in [3.05, 3.63) is 18.0 Å². The molecular weight excluding hydrogens is 254 g/mol. The van der Waals surface area contributed by atoms with Crippen LogP contribution >= 0.6 is 0 Å². The molecule has 2 rings (SSSR count). The van der Waals surface area contributed by atoms with Crippen molar-refractivity contribution in [1.82, 2.24) is 20.2 Å². The number of aromatic nitrogens is 2. The maximum Gasteiger partial charge on any atom is 0.254 e. The van der Waals surface area contributed by atoms with Crippen molar-refractivity contribution in [2.24, 2.45) is 0 Å². The van der Waals surface area contributed by atoms with Gasteiger partial charge in [0.25, 0.3) is 5.91 Å². The smallest absolute Gasteiger partial charge is 0.254 e. The normalized spacial score (nSPS) is 16.5. The van der Waals surface area contributed by atoms with Crippen LogP contribution < -0.4 is 10.2 Å². The standard InChI is InChI=1S/C14H23N5O/c1-4-18-5-7-19(8-6-18)14-15-9-12(10-16-14)13(20)17-11(2)3/h9-11H,4-8H2,1-3H3,(H,17,20). The lowest BCUT2D eigenvalue weighted by Crippen LogP contribution is -2.46. The van der Waals surface area contributed by atoms with Gasteiger partial charge in [-0.2, -0.15) is 0 Å². The Labute approximate surface area is 120 Å². The van der Waals surface area contributed by atoms with E-state index >= 15 is 0 Å². The zero-order valence-electron chi connectivity index (χ0n) is 12.5. The van der Waals surface area contributed by atoms with Crippen molar-refractivity contribution in [3.63, 3.8) is 0 Å². The predicted molar refractivity (Wildman–Crippen MR) is 79.0 cm³/mol. The molecule has 0 radical (unpaired) electrons. The minimum atomic E-state index is -0.123. The first-order valence-electron chi connectivity index (χ1n) is 7.20. The number of hydrogen-bond acceptors (Lipinski definition) is 5. The van der Waals surface area contributed by atoms with E-state index in [4.69, 9.17) is 0 Å². The molecule has 1 aromatic rings. The summed E-state index contributed by atoms with van der Waals surface area (Å²) in [4.78, 5) is 25.0. The first-order chi connectivity index (χ1) is 9.60. The molecule has 0 spiro atoms. The summed E-state index contributed by atoms with van der Waals surface area (Å²) in [5.74, 6) is 0.587. The number of carbonyl (C=O) groups is 1. The molecule has 1 aliphatic heterocycles. The fourth-order valence-corrected chi connectivity index (χ4v) is 2.21. The number of rotatable bonds is 4. The number of likely N-dealkylation sites (N-methyl/N-ethyl adjacent to an activating group) is 1. The van der Waals surface area contributed by atoms with Crippen molar-refractivity contribution >= 4 is 11.9 Å². The van der Waals surface area contributed by atoms with Crippen LogP contribution in [0.5, 0.6) is 0 Å². The van der Waals surface area contributed by atoms with E-state index in [2.05, 4.69) is 32.0 Å². The van der Waals surface area contributed by atoms with E-state index < -0.39 is 0 Å². The SMILES string of the molecule is CCN1CCN(c2ncc(C(=O)NC(C)C)cn2)CC1. The maximum atomic E-state index is 11.8. The molecule has 6 heteroatoms. The highest BCUT2D eigenvalue weighted by molar-refractivity contribution is 5.93. The van der Waals surface area contributed by atoms with E-state index in [-0.39, 0.29) is 11.9 Å². The molecule has 1 aliphatic rings. The summed E-state index contributed by atoms with van der Waals surface area (Å²) in [5.41, 5.74) is 0.509. The first kappa shape index (κ1) is 14.7. The number of anilines is 1. The number of amides is 1. The molecule has 0 atom stereocenters. The molecule has 1 N–H and O–H groups in total. The molecule has 20 heavy (non-hydrogen) atoms. The second-order valence-electron chi connectivity index (χ2n) is 5.32. The van der Waals surface area contributed by atoms with Gasteiger partial charge in [0, 0.05) is 44.6 Å². The van der Waals surface area contributed by atoms with Crippen LogP contribution in [0.2, 0.25) is 0 Å². The molecule has 1 amide bonds. The highest BCUT2D eigenvalue weighted by atomic mass is 16.1. The van der Waals surface area contributed by atoms with Gasteiger partial charge in [0.15, 0.2) is 0 Å². The Kier molecular flexibility index (Phi) is 4.89. The van der Waals surface area contributed by atoms with Crippen LogP contribution in [0.3, 0.4) is 0 Å². The minimum Gasteiger partial charge on any atom is -0.350 e.